The van der Waals surface area contributed by atoms with Crippen LogP contribution in [0.3, 0.4) is 0 Å². The van der Waals surface area contributed by atoms with Gasteiger partial charge >= 0.3 is 0 Å². The quantitative estimate of drug-likeness (QED) is 0.457. The summed E-state index contributed by atoms with van der Waals surface area (Å²) in [7, 11) is 0.404. The molecule has 0 bridgehead atoms. The fourth-order valence-electron chi connectivity index (χ4n) is 1.05. The van der Waals surface area contributed by atoms with Crippen molar-refractivity contribution in [3.63, 3.8) is 0 Å². The molecule has 1 aliphatic heterocycles. The summed E-state index contributed by atoms with van der Waals surface area (Å²) in [6, 6.07) is 0. The molecule has 0 aromatic rings. The van der Waals surface area contributed by atoms with Crippen molar-refractivity contribution in [1.29, 1.82) is 0 Å². The molecule has 1 aliphatic rings. The first-order valence-corrected chi connectivity index (χ1v) is 12.6. The van der Waals surface area contributed by atoms with Crippen LogP contribution in [0.5, 0.6) is 0 Å². The van der Waals surface area contributed by atoms with E-state index in [0.29, 0.717) is 7.92 Å². The molecule has 0 radical (unpaired) electrons. The van der Waals surface area contributed by atoms with Gasteiger partial charge in [-0.1, -0.05) is 13.1 Å². The average Bonchev–Trinajstić information content (AvgIpc) is 1.83. The van der Waals surface area contributed by atoms with Crippen molar-refractivity contribution in [2.45, 2.75) is 13.1 Å². The Morgan fingerprint density at radius 3 is 2.00 bits per heavy atom. The molecule has 0 spiro atoms. The first-order valence-electron chi connectivity index (χ1n) is 4.07. The smallest absolute Gasteiger partial charge is 0.170 e. The Bertz CT molecular complexity index is 118. The zero-order valence-corrected chi connectivity index (χ0v) is 11.1. The van der Waals surface area contributed by atoms with E-state index in [2.05, 4.69) is 42.2 Å². The third kappa shape index (κ3) is 4.21. The molecule has 0 saturated carbocycles. The Morgan fingerprint density at radius 1 is 1.09 bits per heavy atom. The van der Waals surface area contributed by atoms with Crippen LogP contribution in [-0.4, -0.2) is 36.9 Å². The van der Waals surface area contributed by atoms with E-state index in [1.165, 1.54) is 23.8 Å². The molecule has 0 aromatic heterocycles. The molecule has 1 saturated heterocycles. The monoisotopic (exact) mass is 224 g/mol. The van der Waals surface area contributed by atoms with Crippen molar-refractivity contribution in [3.8, 4) is 0 Å². The highest BCUT2D eigenvalue weighted by atomic mass is 32.6. The Labute approximate surface area is 80.3 Å². The van der Waals surface area contributed by atoms with E-state index in [0.717, 1.165) is 0 Å². The lowest BCUT2D eigenvalue weighted by Gasteiger charge is -2.26. The summed E-state index contributed by atoms with van der Waals surface area (Å²) in [5.74, 6) is 2.88. The van der Waals surface area contributed by atoms with Crippen LogP contribution in [0.2, 0.25) is 13.1 Å². The second-order valence-electron chi connectivity index (χ2n) is 3.40. The first-order chi connectivity index (χ1) is 5.10. The van der Waals surface area contributed by atoms with Crippen LogP contribution in [0.25, 0.3) is 0 Å². The number of hydrogen-bond donors (Lipinski definition) is 0. The predicted molar refractivity (Wildman–Crippen MR) is 65.0 cm³/mol. The summed E-state index contributed by atoms with van der Waals surface area (Å²) in [6.07, 6.45) is 2.16. The van der Waals surface area contributed by atoms with Gasteiger partial charge in [0.1, 0.15) is 0 Å². The largest absolute Gasteiger partial charge is 0.173 e. The maximum absolute atomic E-state index is 2.49. The lowest BCUT2D eigenvalue weighted by Crippen LogP contribution is -2.20. The summed E-state index contributed by atoms with van der Waals surface area (Å²) in [4.78, 5) is 0. The molecule has 66 valence electrons. The van der Waals surface area contributed by atoms with Crippen LogP contribution >= 0.6 is 30.3 Å². The van der Waals surface area contributed by atoms with Gasteiger partial charge in [0.15, 0.2) is 6.37 Å². The van der Waals surface area contributed by atoms with E-state index in [1.807, 2.05) is 0 Å². The van der Waals surface area contributed by atoms with E-state index in [-0.39, 0.29) is 0 Å². The molecule has 0 amide bonds. The van der Waals surface area contributed by atoms with Crippen LogP contribution < -0.4 is 0 Å². The molecule has 1 rings (SSSR count). The average molecular weight is 224 g/mol. The van der Waals surface area contributed by atoms with Crippen molar-refractivity contribution in [2.24, 2.45) is 0 Å². The molecule has 0 N–H and O–H groups in total. The molecular formula is C7H17PS2Si. The van der Waals surface area contributed by atoms with Gasteiger partial charge in [-0.15, -0.1) is 7.92 Å². The molecule has 4 heteroatoms. The Morgan fingerprint density at radius 2 is 1.55 bits per heavy atom. The third-order valence-electron chi connectivity index (χ3n) is 1.85. The first kappa shape index (κ1) is 10.4. The molecule has 1 heterocycles. The highest BCUT2D eigenvalue weighted by molar-refractivity contribution is 8.58. The molecule has 0 nitrogen and oxygen atoms in total. The molecule has 11 heavy (non-hydrogen) atoms. The van der Waals surface area contributed by atoms with Gasteiger partial charge in [-0.05, 0) is 30.5 Å². The molecular weight excluding hydrogens is 207 g/mol. The minimum atomic E-state index is -0.859. The minimum absolute atomic E-state index is 0.404. The van der Waals surface area contributed by atoms with Gasteiger partial charge in [0.05, 0.1) is 0 Å². The summed E-state index contributed by atoms with van der Waals surface area (Å²) in [6.45, 7) is 7.44. The summed E-state index contributed by atoms with van der Waals surface area (Å²) < 4.78 is 0. The fraction of sp³-hybridized carbons (Fsp3) is 1.00. The second-order valence-corrected chi connectivity index (χ2v) is 18.8. The Balaban J connectivity index is 2.35. The van der Waals surface area contributed by atoms with E-state index in [4.69, 9.17) is 0 Å². The Hall–Kier alpha value is 1.35. The van der Waals surface area contributed by atoms with Crippen LogP contribution in [0, 0.1) is 0 Å². The molecule has 0 unspecified atom stereocenters. The maximum atomic E-state index is 2.49. The third-order valence-corrected chi connectivity index (χ3v) is 14.1. The lowest BCUT2D eigenvalue weighted by atomic mass is 10.9. The van der Waals surface area contributed by atoms with Crippen molar-refractivity contribution in [3.05, 3.63) is 0 Å². The second kappa shape index (κ2) is 4.55. The number of hydrogen-bond acceptors (Lipinski definition) is 2. The topological polar surface area (TPSA) is 0 Å². The zero-order valence-electron chi connectivity index (χ0n) is 7.59. The highest BCUT2D eigenvalue weighted by Gasteiger charge is 2.24. The van der Waals surface area contributed by atoms with E-state index in [9.17, 15) is 0 Å². The normalized spacial score (nSPS) is 27.5. The molecule has 0 aliphatic carbocycles. The highest BCUT2D eigenvalue weighted by Crippen LogP contribution is 2.41. The van der Waals surface area contributed by atoms with Gasteiger partial charge in [-0.25, -0.2) is 0 Å². The van der Waals surface area contributed by atoms with E-state index in [1.54, 1.807) is 0 Å². The predicted octanol–water partition coefficient (Wildman–Crippen LogP) is 3.28. The SMILES string of the molecule is CP1CCS[Si](C)(C)SCC1. The summed E-state index contributed by atoms with van der Waals surface area (Å²) >= 11 is 4.55. The van der Waals surface area contributed by atoms with Crippen molar-refractivity contribution in [2.75, 3.05) is 30.5 Å². The fourth-order valence-corrected chi connectivity index (χ4v) is 12.7. The van der Waals surface area contributed by atoms with E-state index >= 15 is 0 Å². The Kier molecular flexibility index (Phi) is 4.31. The van der Waals surface area contributed by atoms with Gasteiger partial charge in [0, 0.05) is 0 Å². The molecule has 0 aromatic carbocycles. The van der Waals surface area contributed by atoms with Crippen molar-refractivity contribution >= 4 is 36.7 Å². The lowest BCUT2D eigenvalue weighted by molar-refractivity contribution is 1.44. The van der Waals surface area contributed by atoms with Gasteiger partial charge in [-0.3, -0.25) is 0 Å². The number of rotatable bonds is 0. The van der Waals surface area contributed by atoms with Crippen molar-refractivity contribution < 1.29 is 0 Å². The van der Waals surface area contributed by atoms with Crippen LogP contribution in [0.1, 0.15) is 0 Å². The van der Waals surface area contributed by atoms with Crippen LogP contribution in [-0.2, 0) is 0 Å². The van der Waals surface area contributed by atoms with Gasteiger partial charge in [0.25, 0.3) is 0 Å². The standard InChI is InChI=1S/C7H17PS2Si/c1-8-4-6-9-11(2,3)10-7-5-8/h4-7H2,1-3H3. The van der Waals surface area contributed by atoms with Gasteiger partial charge in [0.2, 0.25) is 0 Å². The van der Waals surface area contributed by atoms with Gasteiger partial charge in [-0.2, -0.15) is 22.4 Å². The minimum Gasteiger partial charge on any atom is -0.173 e. The summed E-state index contributed by atoms with van der Waals surface area (Å²) in [5.41, 5.74) is 0. The van der Waals surface area contributed by atoms with Crippen LogP contribution in [0.15, 0.2) is 0 Å². The van der Waals surface area contributed by atoms with Crippen molar-refractivity contribution in [1.82, 2.24) is 0 Å². The summed E-state index contributed by atoms with van der Waals surface area (Å²) in [5, 5.41) is 0. The zero-order chi connectivity index (χ0) is 8.32. The molecule has 1 fully saturated rings. The van der Waals surface area contributed by atoms with E-state index < -0.39 is 6.37 Å². The maximum Gasteiger partial charge on any atom is 0.170 e. The van der Waals surface area contributed by atoms with Gasteiger partial charge < -0.3 is 0 Å². The molecule has 0 atom stereocenters. The van der Waals surface area contributed by atoms with Crippen LogP contribution in [0.4, 0.5) is 0 Å².